The lowest BCUT2D eigenvalue weighted by Crippen LogP contribution is -2.38. The van der Waals surface area contributed by atoms with Crippen LogP contribution in [0.2, 0.25) is 0 Å². The molecule has 1 amide bonds. The number of benzene rings is 2. The average Bonchev–Trinajstić information content (AvgIpc) is 3.53. The Morgan fingerprint density at radius 2 is 1.91 bits per heavy atom. The van der Waals surface area contributed by atoms with Gasteiger partial charge in [-0.1, -0.05) is 6.92 Å². The van der Waals surface area contributed by atoms with Gasteiger partial charge in [0.2, 0.25) is 5.91 Å². The summed E-state index contributed by atoms with van der Waals surface area (Å²) in [5.41, 5.74) is 0.837. The first-order valence-electron chi connectivity index (χ1n) is 15.1. The van der Waals surface area contributed by atoms with Crippen molar-refractivity contribution in [3.63, 3.8) is 0 Å². The number of nitrogens with zero attached hydrogens (tertiary/aromatic N) is 2. The highest BCUT2D eigenvalue weighted by Gasteiger charge is 2.59. The number of carbonyl (C=O) groups excluding carboxylic acids is 2. The number of Topliss-reactive ketones (excluding diaryl/α,β-unsaturated/α-hetero) is 1. The second kappa shape index (κ2) is 11.1. The second-order valence-electron chi connectivity index (χ2n) is 11.8. The van der Waals surface area contributed by atoms with Crippen molar-refractivity contribution in [2.75, 3.05) is 25.0 Å². The van der Waals surface area contributed by atoms with Crippen molar-refractivity contribution >= 4 is 17.5 Å². The van der Waals surface area contributed by atoms with Crippen LogP contribution >= 0.6 is 0 Å². The zero-order valence-corrected chi connectivity index (χ0v) is 24.2. The highest BCUT2D eigenvalue weighted by Crippen LogP contribution is 2.60. The Hall–Kier alpha value is -4.12. The third kappa shape index (κ3) is 5.49. The Kier molecular flexibility index (Phi) is 7.23. The summed E-state index contributed by atoms with van der Waals surface area (Å²) in [7, 11) is 0. The molecule has 8 nitrogen and oxygen atoms in total. The van der Waals surface area contributed by atoms with E-state index in [9.17, 15) is 22.8 Å². The number of halogens is 3. The Balaban J connectivity index is 1.03. The second-order valence-corrected chi connectivity index (χ2v) is 11.8. The molecule has 0 unspecified atom stereocenters. The minimum absolute atomic E-state index is 0.0160. The van der Waals surface area contributed by atoms with E-state index < -0.39 is 11.7 Å². The maximum atomic E-state index is 14.0. The molecule has 3 aromatic rings. The molecule has 3 aliphatic heterocycles. The number of nitrogens with one attached hydrogen (secondary N) is 1. The van der Waals surface area contributed by atoms with Gasteiger partial charge in [-0.3, -0.25) is 9.59 Å². The van der Waals surface area contributed by atoms with Crippen LogP contribution in [0.5, 0.6) is 23.0 Å². The molecule has 11 heteroatoms. The molecule has 1 saturated heterocycles. The number of pyridine rings is 1. The third-order valence-electron chi connectivity index (χ3n) is 9.10. The molecular formula is C33H32F3N3O5. The average molecular weight is 608 g/mol. The number of hydrogen-bond donors (Lipinski definition) is 1. The standard InChI is InChI=1S/C33H32F3N3O5/c1-2-39-13-10-19(11-14-39)42-28-6-3-18(15-24(28)33(34,35)36)25(40)17-23-30-22-16-20(4-7-26(22)44-31(23)30)43-27-9-12-37-32-21(27)5-8-29(41)38-32/h3-4,6-7,9,12,15-16,19,23,30-31H,2,5,8,10-11,13-14,17H2,1H3,(H,37,38,41)/t23-,30-,31+/m0/s1. The number of hydrogen-bond acceptors (Lipinski definition) is 7. The smallest absolute Gasteiger partial charge is 0.419 e. The highest BCUT2D eigenvalue weighted by atomic mass is 19.4. The molecule has 0 bridgehead atoms. The van der Waals surface area contributed by atoms with Gasteiger partial charge in [0.25, 0.3) is 0 Å². The molecule has 1 N–H and O–H groups in total. The summed E-state index contributed by atoms with van der Waals surface area (Å²) in [5.74, 6) is 1.55. The number of alkyl halides is 3. The Bertz CT molecular complexity index is 1620. The molecule has 0 spiro atoms. The quantitative estimate of drug-likeness (QED) is 0.297. The van der Waals surface area contributed by atoms with E-state index in [1.54, 1.807) is 18.3 Å². The van der Waals surface area contributed by atoms with Crippen molar-refractivity contribution in [2.45, 2.75) is 63.3 Å². The minimum Gasteiger partial charge on any atom is -0.490 e. The van der Waals surface area contributed by atoms with Crippen molar-refractivity contribution in [2.24, 2.45) is 5.92 Å². The molecule has 1 aromatic heterocycles. The molecular weight excluding hydrogens is 575 g/mol. The van der Waals surface area contributed by atoms with Gasteiger partial charge in [0.1, 0.15) is 41.0 Å². The van der Waals surface area contributed by atoms with Gasteiger partial charge in [-0.25, -0.2) is 4.98 Å². The molecule has 3 atom stereocenters. The maximum absolute atomic E-state index is 14.0. The minimum atomic E-state index is -4.65. The predicted molar refractivity (Wildman–Crippen MR) is 155 cm³/mol. The summed E-state index contributed by atoms with van der Waals surface area (Å²) in [4.78, 5) is 31.4. The van der Waals surface area contributed by atoms with Crippen LogP contribution in [0.25, 0.3) is 0 Å². The Morgan fingerprint density at radius 3 is 2.68 bits per heavy atom. The molecule has 44 heavy (non-hydrogen) atoms. The van der Waals surface area contributed by atoms with E-state index in [4.69, 9.17) is 14.2 Å². The number of carbonyl (C=O) groups is 2. The van der Waals surface area contributed by atoms with E-state index in [0.717, 1.165) is 36.8 Å². The molecule has 7 rings (SSSR count). The monoisotopic (exact) mass is 607 g/mol. The number of fused-ring (bicyclic) bond motifs is 4. The Morgan fingerprint density at radius 1 is 1.09 bits per heavy atom. The summed E-state index contributed by atoms with van der Waals surface area (Å²) in [5, 5.41) is 2.76. The summed E-state index contributed by atoms with van der Waals surface area (Å²) < 4.78 is 60.2. The van der Waals surface area contributed by atoms with Crippen LogP contribution in [-0.4, -0.2) is 53.4 Å². The molecule has 0 radical (unpaired) electrons. The lowest BCUT2D eigenvalue weighted by atomic mass is 9.99. The number of likely N-dealkylation sites (tertiary alicyclic amines) is 1. The number of anilines is 1. The zero-order chi connectivity index (χ0) is 30.6. The molecule has 1 aliphatic carbocycles. The number of ketones is 1. The van der Waals surface area contributed by atoms with E-state index in [1.807, 2.05) is 12.1 Å². The fraction of sp³-hybridized carbons (Fsp3) is 0.424. The number of piperidine rings is 1. The first kappa shape index (κ1) is 28.6. The first-order chi connectivity index (χ1) is 21.2. The van der Waals surface area contributed by atoms with Crippen molar-refractivity contribution in [3.8, 4) is 23.0 Å². The SMILES string of the molecule is CCN1CCC(Oc2ccc(C(=O)C[C@@H]3[C@H]4Oc5ccc(Oc6ccnc7c6CCC(=O)N7)cc5[C@@H]34)cc2C(F)(F)F)CC1. The van der Waals surface area contributed by atoms with Crippen LogP contribution in [-0.2, 0) is 17.4 Å². The van der Waals surface area contributed by atoms with Gasteiger partial charge in [0, 0.05) is 60.7 Å². The molecule has 2 aromatic carbocycles. The molecule has 2 fully saturated rings. The van der Waals surface area contributed by atoms with Gasteiger partial charge in [0.15, 0.2) is 5.78 Å². The van der Waals surface area contributed by atoms with Gasteiger partial charge in [-0.2, -0.15) is 13.2 Å². The fourth-order valence-electron chi connectivity index (χ4n) is 6.62. The summed E-state index contributed by atoms with van der Waals surface area (Å²) in [6.07, 6.45) is -1.29. The molecule has 4 aliphatic rings. The van der Waals surface area contributed by atoms with Crippen LogP contribution in [0, 0.1) is 5.92 Å². The molecule has 230 valence electrons. The number of amides is 1. The first-order valence-corrected chi connectivity index (χ1v) is 15.1. The number of aromatic nitrogens is 1. The van der Waals surface area contributed by atoms with Gasteiger partial charge in [-0.15, -0.1) is 0 Å². The van der Waals surface area contributed by atoms with Gasteiger partial charge < -0.3 is 24.4 Å². The summed E-state index contributed by atoms with van der Waals surface area (Å²) in [6, 6.07) is 10.9. The largest absolute Gasteiger partial charge is 0.490 e. The van der Waals surface area contributed by atoms with E-state index in [0.29, 0.717) is 48.7 Å². The molecule has 4 heterocycles. The fourth-order valence-corrected chi connectivity index (χ4v) is 6.62. The normalized spacial score (nSPS) is 22.7. The highest BCUT2D eigenvalue weighted by molar-refractivity contribution is 5.97. The third-order valence-corrected chi connectivity index (χ3v) is 9.10. The van der Waals surface area contributed by atoms with Crippen molar-refractivity contribution in [3.05, 3.63) is 70.9 Å². The van der Waals surface area contributed by atoms with E-state index >= 15 is 0 Å². The van der Waals surface area contributed by atoms with Crippen molar-refractivity contribution in [1.29, 1.82) is 0 Å². The van der Waals surface area contributed by atoms with Crippen LogP contribution in [0.4, 0.5) is 19.0 Å². The maximum Gasteiger partial charge on any atom is 0.419 e. The van der Waals surface area contributed by atoms with Gasteiger partial charge >= 0.3 is 6.18 Å². The molecule has 1 saturated carbocycles. The van der Waals surface area contributed by atoms with Crippen molar-refractivity contribution in [1.82, 2.24) is 9.88 Å². The van der Waals surface area contributed by atoms with E-state index in [1.165, 1.54) is 12.1 Å². The Labute approximate surface area is 252 Å². The summed E-state index contributed by atoms with van der Waals surface area (Å²) in [6.45, 7) is 4.53. The van der Waals surface area contributed by atoms with Crippen LogP contribution < -0.4 is 19.5 Å². The number of ether oxygens (including phenoxy) is 3. The van der Waals surface area contributed by atoms with Crippen LogP contribution in [0.1, 0.15) is 65.6 Å². The topological polar surface area (TPSA) is 90.0 Å². The van der Waals surface area contributed by atoms with Crippen LogP contribution in [0.15, 0.2) is 48.7 Å². The summed E-state index contributed by atoms with van der Waals surface area (Å²) >= 11 is 0. The number of rotatable bonds is 8. The lowest BCUT2D eigenvalue weighted by Gasteiger charge is -2.31. The van der Waals surface area contributed by atoms with Crippen LogP contribution in [0.3, 0.4) is 0 Å². The lowest BCUT2D eigenvalue weighted by molar-refractivity contribution is -0.139. The van der Waals surface area contributed by atoms with E-state index in [-0.39, 0.29) is 53.5 Å². The predicted octanol–water partition coefficient (Wildman–Crippen LogP) is 6.39. The van der Waals surface area contributed by atoms with Crippen molar-refractivity contribution < 1.29 is 37.0 Å². The van der Waals surface area contributed by atoms with Gasteiger partial charge in [-0.05, 0) is 68.3 Å². The zero-order valence-electron chi connectivity index (χ0n) is 24.2. The van der Waals surface area contributed by atoms with Gasteiger partial charge in [0.05, 0.1) is 5.56 Å². The van der Waals surface area contributed by atoms with E-state index in [2.05, 4.69) is 22.1 Å².